The largest absolute Gasteiger partial charge is 0.493 e. The summed E-state index contributed by atoms with van der Waals surface area (Å²) >= 11 is 0. The summed E-state index contributed by atoms with van der Waals surface area (Å²) in [7, 11) is 1.69. The van der Waals surface area contributed by atoms with Crippen molar-refractivity contribution in [3.05, 3.63) is 89.0 Å². The summed E-state index contributed by atoms with van der Waals surface area (Å²) in [5, 5.41) is 3.65. The van der Waals surface area contributed by atoms with Crippen LogP contribution in [-0.2, 0) is 13.0 Å². The van der Waals surface area contributed by atoms with Crippen molar-refractivity contribution in [3.8, 4) is 17.2 Å². The van der Waals surface area contributed by atoms with Crippen molar-refractivity contribution in [1.29, 1.82) is 0 Å². The summed E-state index contributed by atoms with van der Waals surface area (Å²) in [6.45, 7) is 4.08. The second-order valence-electron chi connectivity index (χ2n) is 7.12. The molecule has 29 heavy (non-hydrogen) atoms. The first-order valence-corrected chi connectivity index (χ1v) is 10.1. The lowest BCUT2D eigenvalue weighted by molar-refractivity contribution is 0.305. The third kappa shape index (κ3) is 4.38. The molecular formula is C25H27NO3. The van der Waals surface area contributed by atoms with Gasteiger partial charge in [0.1, 0.15) is 12.4 Å². The number of benzene rings is 3. The molecule has 0 radical (unpaired) electrons. The van der Waals surface area contributed by atoms with E-state index in [4.69, 9.17) is 14.2 Å². The molecule has 0 saturated carbocycles. The van der Waals surface area contributed by atoms with Crippen molar-refractivity contribution in [2.24, 2.45) is 0 Å². The SMILES string of the molecule is CCOc1cc2c(cc1OC)CCNC2c1cccc(OCc2ccccc2)c1. The molecule has 0 aliphatic carbocycles. The monoisotopic (exact) mass is 389 g/mol. The van der Waals surface area contributed by atoms with Gasteiger partial charge in [-0.15, -0.1) is 0 Å². The number of hydrogen-bond acceptors (Lipinski definition) is 4. The molecular weight excluding hydrogens is 362 g/mol. The predicted octanol–water partition coefficient (Wildman–Crippen LogP) is 4.91. The molecule has 1 unspecified atom stereocenters. The molecule has 1 atom stereocenters. The van der Waals surface area contributed by atoms with E-state index in [0.29, 0.717) is 13.2 Å². The highest BCUT2D eigenvalue weighted by Gasteiger charge is 2.24. The van der Waals surface area contributed by atoms with Crippen LogP contribution in [0.15, 0.2) is 66.7 Å². The molecule has 150 valence electrons. The smallest absolute Gasteiger partial charge is 0.161 e. The molecule has 3 aromatic carbocycles. The zero-order valence-electron chi connectivity index (χ0n) is 17.0. The molecule has 0 spiro atoms. The normalized spacial score (nSPS) is 15.4. The second-order valence-corrected chi connectivity index (χ2v) is 7.12. The number of nitrogens with one attached hydrogen (secondary N) is 1. The van der Waals surface area contributed by atoms with Crippen LogP contribution in [0.25, 0.3) is 0 Å². The van der Waals surface area contributed by atoms with E-state index in [1.807, 2.05) is 31.2 Å². The Bertz CT molecular complexity index is 956. The zero-order chi connectivity index (χ0) is 20.1. The van der Waals surface area contributed by atoms with Crippen molar-refractivity contribution < 1.29 is 14.2 Å². The number of methoxy groups -OCH3 is 1. The molecule has 4 nitrogen and oxygen atoms in total. The van der Waals surface area contributed by atoms with E-state index in [-0.39, 0.29) is 6.04 Å². The minimum Gasteiger partial charge on any atom is -0.493 e. The summed E-state index contributed by atoms with van der Waals surface area (Å²) in [4.78, 5) is 0. The Labute approximate surface area is 172 Å². The summed E-state index contributed by atoms with van der Waals surface area (Å²) in [5.41, 5.74) is 4.88. The maximum Gasteiger partial charge on any atom is 0.161 e. The summed E-state index contributed by atoms with van der Waals surface area (Å²) in [6, 6.07) is 22.9. The van der Waals surface area contributed by atoms with Crippen molar-refractivity contribution in [3.63, 3.8) is 0 Å². The van der Waals surface area contributed by atoms with Crippen LogP contribution in [0.5, 0.6) is 17.2 Å². The lowest BCUT2D eigenvalue weighted by Crippen LogP contribution is -2.30. The van der Waals surface area contributed by atoms with Crippen LogP contribution >= 0.6 is 0 Å². The number of rotatable bonds is 7. The maximum atomic E-state index is 6.04. The average molecular weight is 389 g/mol. The zero-order valence-corrected chi connectivity index (χ0v) is 17.0. The predicted molar refractivity (Wildman–Crippen MR) is 115 cm³/mol. The van der Waals surface area contributed by atoms with E-state index in [0.717, 1.165) is 35.8 Å². The van der Waals surface area contributed by atoms with Gasteiger partial charge in [-0.2, -0.15) is 0 Å². The third-order valence-electron chi connectivity index (χ3n) is 5.22. The van der Waals surface area contributed by atoms with Gasteiger partial charge in [-0.05, 0) is 59.9 Å². The van der Waals surface area contributed by atoms with Crippen LogP contribution < -0.4 is 19.5 Å². The number of ether oxygens (including phenoxy) is 3. The maximum absolute atomic E-state index is 6.04. The molecule has 0 saturated heterocycles. The molecule has 1 aliphatic heterocycles. The first kappa shape index (κ1) is 19.3. The Morgan fingerprint density at radius 2 is 1.79 bits per heavy atom. The molecule has 1 aliphatic rings. The van der Waals surface area contributed by atoms with Crippen LogP contribution in [0.4, 0.5) is 0 Å². The lowest BCUT2D eigenvalue weighted by Gasteiger charge is -2.29. The van der Waals surface area contributed by atoms with E-state index >= 15 is 0 Å². The van der Waals surface area contributed by atoms with E-state index < -0.39 is 0 Å². The van der Waals surface area contributed by atoms with E-state index in [9.17, 15) is 0 Å². The van der Waals surface area contributed by atoms with Gasteiger partial charge in [0, 0.05) is 6.54 Å². The van der Waals surface area contributed by atoms with Crippen LogP contribution in [0.2, 0.25) is 0 Å². The van der Waals surface area contributed by atoms with Gasteiger partial charge >= 0.3 is 0 Å². The molecule has 3 aromatic rings. The van der Waals surface area contributed by atoms with Gasteiger partial charge in [0.2, 0.25) is 0 Å². The van der Waals surface area contributed by atoms with Crippen molar-refractivity contribution >= 4 is 0 Å². The summed E-state index contributed by atoms with van der Waals surface area (Å²) < 4.78 is 17.4. The molecule has 0 amide bonds. The number of fused-ring (bicyclic) bond motifs is 1. The molecule has 1 N–H and O–H groups in total. The second kappa shape index (κ2) is 9.01. The summed E-state index contributed by atoms with van der Waals surface area (Å²) in [5.74, 6) is 2.46. The molecule has 4 rings (SSSR count). The van der Waals surface area contributed by atoms with Crippen molar-refractivity contribution in [1.82, 2.24) is 5.32 Å². The van der Waals surface area contributed by atoms with Gasteiger partial charge in [-0.3, -0.25) is 0 Å². The highest BCUT2D eigenvalue weighted by molar-refractivity contribution is 5.52. The first-order valence-electron chi connectivity index (χ1n) is 10.1. The van der Waals surface area contributed by atoms with Gasteiger partial charge in [0.15, 0.2) is 11.5 Å². The minimum absolute atomic E-state index is 0.101. The molecule has 0 bridgehead atoms. The van der Waals surface area contributed by atoms with Crippen molar-refractivity contribution in [2.45, 2.75) is 26.0 Å². The standard InChI is InChI=1S/C25H27NO3/c1-3-28-24-16-22-19(15-23(24)27-2)12-13-26-25(22)20-10-7-11-21(14-20)29-17-18-8-5-4-6-9-18/h4-11,14-16,25-26H,3,12-13,17H2,1-2H3. The fourth-order valence-electron chi connectivity index (χ4n) is 3.81. The van der Waals surface area contributed by atoms with Crippen LogP contribution in [0.3, 0.4) is 0 Å². The molecule has 0 aromatic heterocycles. The molecule has 4 heteroatoms. The van der Waals surface area contributed by atoms with Crippen LogP contribution in [0.1, 0.15) is 35.2 Å². The Kier molecular flexibility index (Phi) is 6.01. The topological polar surface area (TPSA) is 39.7 Å². The van der Waals surface area contributed by atoms with E-state index in [2.05, 4.69) is 47.8 Å². The Balaban J connectivity index is 1.60. The Hall–Kier alpha value is -2.98. The van der Waals surface area contributed by atoms with Gasteiger partial charge in [0.25, 0.3) is 0 Å². The lowest BCUT2D eigenvalue weighted by atomic mass is 9.89. The van der Waals surface area contributed by atoms with E-state index in [1.165, 1.54) is 16.7 Å². The summed E-state index contributed by atoms with van der Waals surface area (Å²) in [6.07, 6.45) is 0.971. The first-order chi connectivity index (χ1) is 14.3. The average Bonchev–Trinajstić information content (AvgIpc) is 2.78. The molecule has 1 heterocycles. The number of hydrogen-bond donors (Lipinski definition) is 1. The van der Waals surface area contributed by atoms with Gasteiger partial charge in [0.05, 0.1) is 19.8 Å². The quantitative estimate of drug-likeness (QED) is 0.623. The van der Waals surface area contributed by atoms with Crippen LogP contribution in [-0.4, -0.2) is 20.3 Å². The third-order valence-corrected chi connectivity index (χ3v) is 5.22. The van der Waals surface area contributed by atoms with Gasteiger partial charge < -0.3 is 19.5 Å². The van der Waals surface area contributed by atoms with Crippen LogP contribution in [0, 0.1) is 0 Å². The Morgan fingerprint density at radius 1 is 0.931 bits per heavy atom. The fraction of sp³-hybridized carbons (Fsp3) is 0.280. The molecule has 0 fully saturated rings. The fourth-order valence-corrected chi connectivity index (χ4v) is 3.81. The van der Waals surface area contributed by atoms with Gasteiger partial charge in [-0.25, -0.2) is 0 Å². The van der Waals surface area contributed by atoms with E-state index in [1.54, 1.807) is 7.11 Å². The Morgan fingerprint density at radius 3 is 2.59 bits per heavy atom. The highest BCUT2D eigenvalue weighted by atomic mass is 16.5. The highest BCUT2D eigenvalue weighted by Crippen LogP contribution is 2.38. The minimum atomic E-state index is 0.101. The van der Waals surface area contributed by atoms with Crippen molar-refractivity contribution in [2.75, 3.05) is 20.3 Å². The van der Waals surface area contributed by atoms with Gasteiger partial charge in [-0.1, -0.05) is 42.5 Å².